The van der Waals surface area contributed by atoms with E-state index in [1.807, 2.05) is 6.92 Å². The van der Waals surface area contributed by atoms with E-state index in [0.717, 1.165) is 16.5 Å². The highest BCUT2D eigenvalue weighted by molar-refractivity contribution is 6.34. The summed E-state index contributed by atoms with van der Waals surface area (Å²) in [5.74, 6) is -1.55. The van der Waals surface area contributed by atoms with Gasteiger partial charge < -0.3 is 5.73 Å². The molecule has 4 nitrogen and oxygen atoms in total. The van der Waals surface area contributed by atoms with Gasteiger partial charge in [-0.3, -0.25) is 9.59 Å². The van der Waals surface area contributed by atoms with Crippen molar-refractivity contribution in [3.8, 4) is 0 Å². The second kappa shape index (κ2) is 4.16. The van der Waals surface area contributed by atoms with E-state index in [1.54, 1.807) is 18.2 Å². The van der Waals surface area contributed by atoms with Gasteiger partial charge in [0.15, 0.2) is 0 Å². The number of hydrogen-bond donors (Lipinski definition) is 1. The van der Waals surface area contributed by atoms with Crippen LogP contribution in [0.3, 0.4) is 0 Å². The second-order valence-electron chi connectivity index (χ2n) is 4.70. The van der Waals surface area contributed by atoms with Crippen LogP contribution in [0, 0.1) is 12.7 Å². The number of imide groups is 1. The molecule has 0 atom stereocenters. The molecule has 100 valence electrons. The number of carbonyl (C=O) groups excluding carboxylic acids is 2. The molecule has 0 fully saturated rings. The maximum atomic E-state index is 13.5. The molecular weight excluding hydrogens is 259 g/mol. The third-order valence-electron chi connectivity index (χ3n) is 3.28. The highest BCUT2D eigenvalue weighted by atomic mass is 19.1. The summed E-state index contributed by atoms with van der Waals surface area (Å²) in [4.78, 5) is 25.5. The van der Waals surface area contributed by atoms with Gasteiger partial charge in [-0.05, 0) is 31.2 Å². The summed E-state index contributed by atoms with van der Waals surface area (Å²) in [5, 5.41) is 0. The summed E-state index contributed by atoms with van der Waals surface area (Å²) in [6.45, 7) is 1.84. The minimum absolute atomic E-state index is 0.0267. The third kappa shape index (κ3) is 1.67. The average Bonchev–Trinajstić information content (AvgIpc) is 2.65. The molecule has 0 aromatic heterocycles. The smallest absolute Gasteiger partial charge is 0.266 e. The number of hydrogen-bond acceptors (Lipinski definition) is 3. The van der Waals surface area contributed by atoms with Gasteiger partial charge in [-0.1, -0.05) is 11.6 Å². The van der Waals surface area contributed by atoms with E-state index in [4.69, 9.17) is 5.73 Å². The first-order valence-corrected chi connectivity index (χ1v) is 6.03. The van der Waals surface area contributed by atoms with Crippen molar-refractivity contribution in [1.82, 2.24) is 0 Å². The van der Waals surface area contributed by atoms with Gasteiger partial charge in [-0.25, -0.2) is 9.29 Å². The van der Waals surface area contributed by atoms with E-state index in [2.05, 4.69) is 0 Å². The molecular formula is C15H11FN2O2. The molecule has 0 spiro atoms. The number of halogens is 1. The Kier molecular flexibility index (Phi) is 2.57. The number of nitrogens with two attached hydrogens (primary N) is 1. The molecule has 1 heterocycles. The van der Waals surface area contributed by atoms with Crippen molar-refractivity contribution in [2.24, 2.45) is 0 Å². The number of nitrogens with zero attached hydrogens (tertiary/aromatic N) is 1. The molecule has 20 heavy (non-hydrogen) atoms. The van der Waals surface area contributed by atoms with E-state index in [9.17, 15) is 14.0 Å². The van der Waals surface area contributed by atoms with E-state index < -0.39 is 17.6 Å². The van der Waals surface area contributed by atoms with Crippen LogP contribution in [-0.4, -0.2) is 11.8 Å². The van der Waals surface area contributed by atoms with E-state index in [0.29, 0.717) is 11.1 Å². The normalized spacial score (nSPS) is 13.8. The number of aryl methyl sites for hydroxylation is 1. The molecule has 0 radical (unpaired) electrons. The Morgan fingerprint density at radius 1 is 1.00 bits per heavy atom. The quantitative estimate of drug-likeness (QED) is 0.639. The van der Waals surface area contributed by atoms with Crippen LogP contribution in [0.15, 0.2) is 36.4 Å². The van der Waals surface area contributed by atoms with E-state index >= 15 is 0 Å². The number of rotatable bonds is 1. The molecule has 0 aliphatic carbocycles. The number of anilines is 2. The summed E-state index contributed by atoms with van der Waals surface area (Å²) < 4.78 is 13.5. The Morgan fingerprint density at radius 3 is 2.40 bits per heavy atom. The van der Waals surface area contributed by atoms with Gasteiger partial charge in [0.2, 0.25) is 0 Å². The van der Waals surface area contributed by atoms with Crippen molar-refractivity contribution in [2.45, 2.75) is 6.92 Å². The van der Waals surface area contributed by atoms with Crippen LogP contribution in [0.2, 0.25) is 0 Å². The third-order valence-corrected chi connectivity index (χ3v) is 3.28. The fourth-order valence-corrected chi connectivity index (χ4v) is 2.24. The first-order valence-electron chi connectivity index (χ1n) is 6.03. The van der Waals surface area contributed by atoms with Crippen LogP contribution in [-0.2, 0) is 0 Å². The van der Waals surface area contributed by atoms with Gasteiger partial charge in [-0.2, -0.15) is 0 Å². The molecule has 2 aromatic carbocycles. The minimum Gasteiger partial charge on any atom is -0.396 e. The standard InChI is InChI=1S/C15H11FN2O2/c1-8-2-4-10-11(6-8)15(20)18(14(10)19)9-3-5-13(17)12(16)7-9/h2-7H,17H2,1H3. The van der Waals surface area contributed by atoms with Gasteiger partial charge in [0.1, 0.15) is 5.82 Å². The van der Waals surface area contributed by atoms with E-state index in [1.165, 1.54) is 12.1 Å². The zero-order chi connectivity index (χ0) is 14.4. The zero-order valence-corrected chi connectivity index (χ0v) is 10.7. The van der Waals surface area contributed by atoms with Gasteiger partial charge >= 0.3 is 0 Å². The molecule has 1 aliphatic heterocycles. The SMILES string of the molecule is Cc1ccc2c(c1)C(=O)N(c1ccc(N)c(F)c1)C2=O. The largest absolute Gasteiger partial charge is 0.396 e. The average molecular weight is 270 g/mol. The van der Waals surface area contributed by atoms with Crippen molar-refractivity contribution in [3.63, 3.8) is 0 Å². The summed E-state index contributed by atoms with van der Waals surface area (Å²) in [7, 11) is 0. The second-order valence-corrected chi connectivity index (χ2v) is 4.70. The van der Waals surface area contributed by atoms with Crippen molar-refractivity contribution in [1.29, 1.82) is 0 Å². The lowest BCUT2D eigenvalue weighted by molar-refractivity contribution is 0.0926. The van der Waals surface area contributed by atoms with Crippen molar-refractivity contribution in [2.75, 3.05) is 10.6 Å². The molecule has 0 saturated carbocycles. The first-order chi connectivity index (χ1) is 9.49. The zero-order valence-electron chi connectivity index (χ0n) is 10.7. The van der Waals surface area contributed by atoms with Crippen LogP contribution < -0.4 is 10.6 Å². The molecule has 0 saturated heterocycles. The van der Waals surface area contributed by atoms with Gasteiger partial charge in [0.25, 0.3) is 11.8 Å². The van der Waals surface area contributed by atoms with Crippen molar-refractivity contribution in [3.05, 3.63) is 58.9 Å². The maximum absolute atomic E-state index is 13.5. The number of fused-ring (bicyclic) bond motifs is 1. The highest BCUT2D eigenvalue weighted by Gasteiger charge is 2.36. The molecule has 2 N–H and O–H groups in total. The number of nitrogen functional groups attached to an aromatic ring is 1. The molecule has 1 aliphatic rings. The number of benzene rings is 2. The molecule has 5 heteroatoms. The molecule has 0 bridgehead atoms. The Balaban J connectivity index is 2.11. The van der Waals surface area contributed by atoms with Crippen LogP contribution >= 0.6 is 0 Å². The number of carbonyl (C=O) groups is 2. The number of amides is 2. The molecule has 2 aromatic rings. The van der Waals surface area contributed by atoms with Crippen molar-refractivity contribution < 1.29 is 14.0 Å². The van der Waals surface area contributed by atoms with Crippen LogP contribution in [0.25, 0.3) is 0 Å². The Hall–Kier alpha value is -2.69. The summed E-state index contributed by atoms with van der Waals surface area (Å²) in [6.07, 6.45) is 0. The lowest BCUT2D eigenvalue weighted by Crippen LogP contribution is -2.29. The predicted octanol–water partition coefficient (Wildman–Crippen LogP) is 2.52. The lowest BCUT2D eigenvalue weighted by atomic mass is 10.1. The van der Waals surface area contributed by atoms with Crippen LogP contribution in [0.4, 0.5) is 15.8 Å². The Labute approximate surface area is 114 Å². The molecule has 2 amide bonds. The van der Waals surface area contributed by atoms with Crippen molar-refractivity contribution >= 4 is 23.2 Å². The first kappa shape index (κ1) is 12.3. The Morgan fingerprint density at radius 2 is 1.70 bits per heavy atom. The van der Waals surface area contributed by atoms with Gasteiger partial charge in [0, 0.05) is 6.07 Å². The van der Waals surface area contributed by atoms with Gasteiger partial charge in [-0.15, -0.1) is 0 Å². The monoisotopic (exact) mass is 270 g/mol. The minimum atomic E-state index is -0.657. The topological polar surface area (TPSA) is 63.4 Å². The summed E-state index contributed by atoms with van der Waals surface area (Å²) in [6, 6.07) is 8.90. The van der Waals surface area contributed by atoms with E-state index in [-0.39, 0.29) is 11.4 Å². The summed E-state index contributed by atoms with van der Waals surface area (Å²) in [5.41, 5.74) is 7.11. The molecule has 3 rings (SSSR count). The highest BCUT2D eigenvalue weighted by Crippen LogP contribution is 2.30. The van der Waals surface area contributed by atoms with Crippen LogP contribution in [0.5, 0.6) is 0 Å². The lowest BCUT2D eigenvalue weighted by Gasteiger charge is -2.14. The van der Waals surface area contributed by atoms with Crippen LogP contribution in [0.1, 0.15) is 26.3 Å². The fourth-order valence-electron chi connectivity index (χ4n) is 2.24. The molecule has 0 unspecified atom stereocenters. The fraction of sp³-hybridized carbons (Fsp3) is 0.0667. The summed E-state index contributed by atoms with van der Waals surface area (Å²) >= 11 is 0. The van der Waals surface area contributed by atoms with Gasteiger partial charge in [0.05, 0.1) is 22.5 Å². The maximum Gasteiger partial charge on any atom is 0.266 e. The Bertz CT molecular complexity index is 756. The predicted molar refractivity (Wildman–Crippen MR) is 73.1 cm³/mol.